The molecule has 21 heavy (non-hydrogen) atoms. The van der Waals surface area contributed by atoms with Crippen molar-refractivity contribution in [2.24, 2.45) is 5.73 Å². The number of nitrogens with two attached hydrogens (primary N) is 1. The summed E-state index contributed by atoms with van der Waals surface area (Å²) in [5, 5.41) is 6.64. The first-order chi connectivity index (χ1) is 10.1. The topological polar surface area (TPSA) is 68.0 Å². The average Bonchev–Trinajstić information content (AvgIpc) is 2.86. The predicted octanol–water partition coefficient (Wildman–Crippen LogP) is 2.92. The number of aromatic nitrogens is 1. The van der Waals surface area contributed by atoms with Gasteiger partial charge in [-0.2, -0.15) is 0 Å². The molecular formula is C14H15Cl2N3OS. The van der Waals surface area contributed by atoms with Crippen LogP contribution in [-0.2, 0) is 12.8 Å². The second kappa shape index (κ2) is 7.75. The summed E-state index contributed by atoms with van der Waals surface area (Å²) in [6.07, 6.45) is 1.35. The molecule has 0 aliphatic rings. The van der Waals surface area contributed by atoms with Crippen molar-refractivity contribution in [3.8, 4) is 0 Å². The Hall–Kier alpha value is -1.14. The molecule has 112 valence electrons. The minimum Gasteiger partial charge on any atom is -0.350 e. The Bertz CT molecular complexity index is 610. The van der Waals surface area contributed by atoms with Crippen LogP contribution in [0.4, 0.5) is 0 Å². The zero-order valence-corrected chi connectivity index (χ0v) is 13.6. The summed E-state index contributed by atoms with van der Waals surface area (Å²) in [6, 6.07) is 5.35. The normalized spacial score (nSPS) is 10.6. The van der Waals surface area contributed by atoms with Crippen LogP contribution in [0.3, 0.4) is 0 Å². The summed E-state index contributed by atoms with van der Waals surface area (Å²) in [7, 11) is 0. The van der Waals surface area contributed by atoms with Gasteiger partial charge < -0.3 is 11.1 Å². The Kier molecular flexibility index (Phi) is 5.99. The van der Waals surface area contributed by atoms with Gasteiger partial charge in [0.2, 0.25) is 0 Å². The van der Waals surface area contributed by atoms with Gasteiger partial charge in [0.25, 0.3) is 5.91 Å². The van der Waals surface area contributed by atoms with Gasteiger partial charge in [-0.15, -0.1) is 11.3 Å². The fourth-order valence-electron chi connectivity index (χ4n) is 1.82. The van der Waals surface area contributed by atoms with E-state index < -0.39 is 0 Å². The molecule has 3 N–H and O–H groups in total. The molecule has 0 aliphatic carbocycles. The number of benzene rings is 1. The number of halogens is 2. The first kappa shape index (κ1) is 16.2. The molecule has 1 amide bonds. The van der Waals surface area contributed by atoms with Crippen molar-refractivity contribution in [3.05, 3.63) is 49.9 Å². The van der Waals surface area contributed by atoms with Crippen molar-refractivity contribution in [2.45, 2.75) is 12.8 Å². The third-order valence-corrected chi connectivity index (χ3v) is 4.11. The van der Waals surface area contributed by atoms with Crippen molar-refractivity contribution in [2.75, 3.05) is 13.1 Å². The van der Waals surface area contributed by atoms with E-state index in [2.05, 4.69) is 10.3 Å². The molecule has 1 aromatic heterocycles. The zero-order chi connectivity index (χ0) is 15.2. The number of hydrogen-bond acceptors (Lipinski definition) is 4. The second-order valence-electron chi connectivity index (χ2n) is 4.45. The number of hydrogen-bond donors (Lipinski definition) is 2. The summed E-state index contributed by atoms with van der Waals surface area (Å²) in [5.74, 6) is -0.178. The molecule has 1 heterocycles. The lowest BCUT2D eigenvalue weighted by Gasteiger charge is -2.05. The molecule has 0 fully saturated rings. The highest BCUT2D eigenvalue weighted by Crippen LogP contribution is 2.19. The number of thiazole rings is 1. The number of rotatable bonds is 6. The van der Waals surface area contributed by atoms with E-state index in [1.165, 1.54) is 11.3 Å². The van der Waals surface area contributed by atoms with E-state index in [4.69, 9.17) is 28.9 Å². The molecule has 0 radical (unpaired) electrons. The van der Waals surface area contributed by atoms with Crippen LogP contribution in [0.15, 0.2) is 23.6 Å². The van der Waals surface area contributed by atoms with E-state index in [9.17, 15) is 4.79 Å². The van der Waals surface area contributed by atoms with Crippen LogP contribution < -0.4 is 11.1 Å². The first-order valence-corrected chi connectivity index (χ1v) is 8.09. The molecule has 2 rings (SSSR count). The highest BCUT2D eigenvalue weighted by molar-refractivity contribution is 7.09. The van der Waals surface area contributed by atoms with E-state index in [0.29, 0.717) is 41.7 Å². The van der Waals surface area contributed by atoms with E-state index in [0.717, 1.165) is 10.6 Å². The zero-order valence-electron chi connectivity index (χ0n) is 11.2. The molecule has 0 unspecified atom stereocenters. The lowest BCUT2D eigenvalue weighted by molar-refractivity contribution is 0.0949. The van der Waals surface area contributed by atoms with Crippen LogP contribution in [0.1, 0.15) is 21.1 Å². The highest BCUT2D eigenvalue weighted by atomic mass is 35.5. The molecule has 0 aliphatic heterocycles. The number of carbonyl (C=O) groups excluding carboxylic acids is 1. The third kappa shape index (κ3) is 4.97. The monoisotopic (exact) mass is 343 g/mol. The Balaban J connectivity index is 1.86. The minimum atomic E-state index is -0.178. The van der Waals surface area contributed by atoms with Gasteiger partial charge in [0, 0.05) is 28.4 Å². The number of nitrogens with one attached hydrogen (secondary N) is 1. The van der Waals surface area contributed by atoms with E-state index in [1.54, 1.807) is 11.4 Å². The van der Waals surface area contributed by atoms with Gasteiger partial charge in [-0.25, -0.2) is 4.98 Å². The van der Waals surface area contributed by atoms with E-state index >= 15 is 0 Å². The molecule has 0 atom stereocenters. The molecular weight excluding hydrogens is 329 g/mol. The fourth-order valence-corrected chi connectivity index (χ4v) is 3.19. The van der Waals surface area contributed by atoms with Crippen LogP contribution in [0.5, 0.6) is 0 Å². The molecule has 0 spiro atoms. The van der Waals surface area contributed by atoms with Crippen LogP contribution in [0.2, 0.25) is 10.0 Å². The molecule has 0 saturated carbocycles. The maximum Gasteiger partial charge on any atom is 0.270 e. The molecule has 0 saturated heterocycles. The van der Waals surface area contributed by atoms with Crippen molar-refractivity contribution in [3.63, 3.8) is 0 Å². The predicted molar refractivity (Wildman–Crippen MR) is 87.4 cm³/mol. The van der Waals surface area contributed by atoms with Gasteiger partial charge >= 0.3 is 0 Å². The maximum atomic E-state index is 11.9. The lowest BCUT2D eigenvalue weighted by atomic mass is 10.1. The Labute approximate surface area is 137 Å². The van der Waals surface area contributed by atoms with Gasteiger partial charge in [-0.1, -0.05) is 23.2 Å². The van der Waals surface area contributed by atoms with Crippen LogP contribution in [0, 0.1) is 0 Å². The Morgan fingerprint density at radius 3 is 2.62 bits per heavy atom. The van der Waals surface area contributed by atoms with Crippen LogP contribution in [-0.4, -0.2) is 24.0 Å². The molecule has 0 bridgehead atoms. The minimum absolute atomic E-state index is 0.178. The van der Waals surface area contributed by atoms with Gasteiger partial charge in [0.15, 0.2) is 0 Å². The quantitative estimate of drug-likeness (QED) is 0.847. The summed E-state index contributed by atoms with van der Waals surface area (Å²) in [4.78, 5) is 16.2. The molecule has 2 aromatic rings. The average molecular weight is 344 g/mol. The number of amides is 1. The first-order valence-electron chi connectivity index (χ1n) is 6.46. The third-order valence-electron chi connectivity index (χ3n) is 2.76. The molecule has 7 heteroatoms. The molecule has 4 nitrogen and oxygen atoms in total. The van der Waals surface area contributed by atoms with Gasteiger partial charge in [0.05, 0.1) is 5.01 Å². The van der Waals surface area contributed by atoms with Crippen molar-refractivity contribution in [1.82, 2.24) is 10.3 Å². The standard InChI is InChI=1S/C14H15Cl2N3OS/c15-10-5-9(6-11(16)7-10)2-4-18-14(20)12-8-21-13(19-12)1-3-17/h5-8H,1-4,17H2,(H,18,20). The Morgan fingerprint density at radius 2 is 1.95 bits per heavy atom. The largest absolute Gasteiger partial charge is 0.350 e. The summed E-state index contributed by atoms with van der Waals surface area (Å²) in [5.41, 5.74) is 6.88. The lowest BCUT2D eigenvalue weighted by Crippen LogP contribution is -2.26. The number of carbonyl (C=O) groups is 1. The van der Waals surface area contributed by atoms with Crippen molar-refractivity contribution in [1.29, 1.82) is 0 Å². The van der Waals surface area contributed by atoms with Gasteiger partial charge in [-0.05, 0) is 36.7 Å². The van der Waals surface area contributed by atoms with Crippen molar-refractivity contribution >= 4 is 40.4 Å². The summed E-state index contributed by atoms with van der Waals surface area (Å²) < 4.78 is 0. The van der Waals surface area contributed by atoms with Gasteiger partial charge in [-0.3, -0.25) is 4.79 Å². The van der Waals surface area contributed by atoms with Crippen LogP contribution in [0.25, 0.3) is 0 Å². The maximum absolute atomic E-state index is 11.9. The Morgan fingerprint density at radius 1 is 1.24 bits per heavy atom. The van der Waals surface area contributed by atoms with Gasteiger partial charge in [0.1, 0.15) is 5.69 Å². The van der Waals surface area contributed by atoms with E-state index in [-0.39, 0.29) is 5.91 Å². The SMILES string of the molecule is NCCc1nc(C(=O)NCCc2cc(Cl)cc(Cl)c2)cs1. The number of nitrogens with zero attached hydrogens (tertiary/aromatic N) is 1. The van der Waals surface area contributed by atoms with E-state index in [1.807, 2.05) is 12.1 Å². The summed E-state index contributed by atoms with van der Waals surface area (Å²) >= 11 is 13.3. The highest BCUT2D eigenvalue weighted by Gasteiger charge is 2.10. The second-order valence-corrected chi connectivity index (χ2v) is 6.26. The van der Waals surface area contributed by atoms with Crippen molar-refractivity contribution < 1.29 is 4.79 Å². The van der Waals surface area contributed by atoms with Crippen LogP contribution >= 0.6 is 34.5 Å². The molecule has 1 aromatic carbocycles. The fraction of sp³-hybridized carbons (Fsp3) is 0.286. The smallest absolute Gasteiger partial charge is 0.270 e. The summed E-state index contributed by atoms with van der Waals surface area (Å²) in [6.45, 7) is 1.03.